The Kier molecular flexibility index (Phi) is 3.46. The van der Waals surface area contributed by atoms with Gasteiger partial charge in [-0.1, -0.05) is 28.1 Å². The zero-order chi connectivity index (χ0) is 11.5. The van der Waals surface area contributed by atoms with Crippen molar-refractivity contribution in [2.45, 2.75) is 13.5 Å². The summed E-state index contributed by atoms with van der Waals surface area (Å²) in [7, 11) is 0. The van der Waals surface area contributed by atoms with E-state index in [2.05, 4.69) is 51.7 Å². The molecule has 0 atom stereocenters. The Morgan fingerprint density at radius 2 is 2.06 bits per heavy atom. The van der Waals surface area contributed by atoms with Crippen molar-refractivity contribution in [2.75, 3.05) is 6.61 Å². The predicted octanol–water partition coefficient (Wildman–Crippen LogP) is 3.22. The number of aliphatic hydroxyl groups excluding tert-OH is 1. The van der Waals surface area contributed by atoms with Crippen LogP contribution in [0, 0.1) is 6.92 Å². The van der Waals surface area contributed by atoms with E-state index in [0.29, 0.717) is 6.54 Å². The third-order valence-corrected chi connectivity index (χ3v) is 3.14. The van der Waals surface area contributed by atoms with Gasteiger partial charge in [-0.05, 0) is 36.8 Å². The second kappa shape index (κ2) is 4.85. The number of benzene rings is 1. The standard InChI is InChI=1S/C13H14BrNO/c1-10-5-6-13(15(10)7-8-16)11-3-2-4-12(14)9-11/h2-6,9,16H,7-8H2,1H3. The molecular formula is C13H14BrNO. The van der Waals surface area contributed by atoms with E-state index >= 15 is 0 Å². The summed E-state index contributed by atoms with van der Waals surface area (Å²) in [5.41, 5.74) is 3.48. The average molecular weight is 280 g/mol. The molecule has 0 aliphatic rings. The summed E-state index contributed by atoms with van der Waals surface area (Å²) < 4.78 is 3.20. The van der Waals surface area contributed by atoms with Gasteiger partial charge in [0.25, 0.3) is 0 Å². The topological polar surface area (TPSA) is 25.2 Å². The van der Waals surface area contributed by atoms with E-state index in [1.807, 2.05) is 12.1 Å². The minimum atomic E-state index is 0.163. The summed E-state index contributed by atoms with van der Waals surface area (Å²) in [5.74, 6) is 0. The lowest BCUT2D eigenvalue weighted by Gasteiger charge is -2.10. The normalized spacial score (nSPS) is 10.7. The maximum Gasteiger partial charge on any atom is 0.0610 e. The fraction of sp³-hybridized carbons (Fsp3) is 0.231. The summed E-state index contributed by atoms with van der Waals surface area (Å²) in [6, 6.07) is 12.4. The van der Waals surface area contributed by atoms with E-state index < -0.39 is 0 Å². The van der Waals surface area contributed by atoms with Crippen molar-refractivity contribution >= 4 is 15.9 Å². The van der Waals surface area contributed by atoms with Gasteiger partial charge in [-0.25, -0.2) is 0 Å². The van der Waals surface area contributed by atoms with Crippen LogP contribution in [-0.4, -0.2) is 16.3 Å². The summed E-state index contributed by atoms with van der Waals surface area (Å²) in [5, 5.41) is 9.06. The summed E-state index contributed by atoms with van der Waals surface area (Å²) in [4.78, 5) is 0. The largest absolute Gasteiger partial charge is 0.395 e. The van der Waals surface area contributed by atoms with Gasteiger partial charge in [0, 0.05) is 22.4 Å². The van der Waals surface area contributed by atoms with Gasteiger partial charge in [0.05, 0.1) is 6.61 Å². The minimum absolute atomic E-state index is 0.163. The second-order valence-corrected chi connectivity index (χ2v) is 4.66. The van der Waals surface area contributed by atoms with E-state index in [1.165, 1.54) is 5.69 Å². The van der Waals surface area contributed by atoms with Crippen LogP contribution in [0.4, 0.5) is 0 Å². The van der Waals surface area contributed by atoms with Crippen LogP contribution in [0.25, 0.3) is 11.3 Å². The highest BCUT2D eigenvalue weighted by atomic mass is 79.9. The molecule has 0 aliphatic heterocycles. The Hall–Kier alpha value is -1.06. The highest BCUT2D eigenvalue weighted by Gasteiger charge is 2.06. The number of rotatable bonds is 3. The van der Waals surface area contributed by atoms with E-state index in [9.17, 15) is 0 Å². The number of halogens is 1. The van der Waals surface area contributed by atoms with Gasteiger partial charge in [-0.3, -0.25) is 0 Å². The lowest BCUT2D eigenvalue weighted by molar-refractivity contribution is 0.276. The smallest absolute Gasteiger partial charge is 0.0610 e. The van der Waals surface area contributed by atoms with Crippen LogP contribution >= 0.6 is 15.9 Å². The quantitative estimate of drug-likeness (QED) is 0.917. The molecule has 2 nitrogen and oxygen atoms in total. The van der Waals surface area contributed by atoms with Crippen LogP contribution in [0.3, 0.4) is 0 Å². The van der Waals surface area contributed by atoms with Crippen molar-refractivity contribution < 1.29 is 5.11 Å². The first kappa shape index (κ1) is 11.4. The van der Waals surface area contributed by atoms with Crippen LogP contribution in [0.5, 0.6) is 0 Å². The van der Waals surface area contributed by atoms with Crippen molar-refractivity contribution in [3.05, 3.63) is 46.6 Å². The van der Waals surface area contributed by atoms with Crippen molar-refractivity contribution in [1.82, 2.24) is 4.57 Å². The maximum absolute atomic E-state index is 9.06. The number of aryl methyl sites for hydroxylation is 1. The first-order valence-electron chi connectivity index (χ1n) is 5.25. The van der Waals surface area contributed by atoms with E-state index in [0.717, 1.165) is 15.7 Å². The summed E-state index contributed by atoms with van der Waals surface area (Å²) in [6.07, 6.45) is 0. The van der Waals surface area contributed by atoms with Crippen molar-refractivity contribution in [1.29, 1.82) is 0 Å². The number of nitrogens with zero attached hydrogens (tertiary/aromatic N) is 1. The molecular weight excluding hydrogens is 266 g/mol. The monoisotopic (exact) mass is 279 g/mol. The molecule has 1 aromatic heterocycles. The van der Waals surface area contributed by atoms with Gasteiger partial charge in [0.1, 0.15) is 0 Å². The van der Waals surface area contributed by atoms with Crippen LogP contribution in [-0.2, 0) is 6.54 Å². The van der Waals surface area contributed by atoms with Gasteiger partial charge < -0.3 is 9.67 Å². The van der Waals surface area contributed by atoms with Gasteiger partial charge >= 0.3 is 0 Å². The highest BCUT2D eigenvalue weighted by molar-refractivity contribution is 9.10. The number of aliphatic hydroxyl groups is 1. The minimum Gasteiger partial charge on any atom is -0.395 e. The second-order valence-electron chi connectivity index (χ2n) is 3.75. The summed E-state index contributed by atoms with van der Waals surface area (Å²) >= 11 is 3.47. The molecule has 0 radical (unpaired) electrons. The Balaban J connectivity index is 2.47. The van der Waals surface area contributed by atoms with Crippen LogP contribution < -0.4 is 0 Å². The molecule has 0 amide bonds. The molecule has 1 N–H and O–H groups in total. The lowest BCUT2D eigenvalue weighted by atomic mass is 10.1. The van der Waals surface area contributed by atoms with Crippen LogP contribution in [0.15, 0.2) is 40.9 Å². The average Bonchev–Trinajstić information content (AvgIpc) is 2.61. The van der Waals surface area contributed by atoms with E-state index in [-0.39, 0.29) is 6.61 Å². The van der Waals surface area contributed by atoms with Gasteiger partial charge in [-0.15, -0.1) is 0 Å². The molecule has 1 aromatic carbocycles. The fourth-order valence-electron chi connectivity index (χ4n) is 1.87. The van der Waals surface area contributed by atoms with Crippen LogP contribution in [0.2, 0.25) is 0 Å². The SMILES string of the molecule is Cc1ccc(-c2cccc(Br)c2)n1CCO. The third kappa shape index (κ3) is 2.20. The Bertz CT molecular complexity index is 490. The highest BCUT2D eigenvalue weighted by Crippen LogP contribution is 2.25. The Morgan fingerprint density at radius 1 is 1.25 bits per heavy atom. The van der Waals surface area contributed by atoms with Gasteiger partial charge in [-0.2, -0.15) is 0 Å². The molecule has 2 aromatic rings. The van der Waals surface area contributed by atoms with Gasteiger partial charge in [0.15, 0.2) is 0 Å². The molecule has 1 heterocycles. The number of aromatic nitrogens is 1. The molecule has 0 unspecified atom stereocenters. The van der Waals surface area contributed by atoms with E-state index in [1.54, 1.807) is 0 Å². The van der Waals surface area contributed by atoms with Crippen molar-refractivity contribution in [2.24, 2.45) is 0 Å². The fourth-order valence-corrected chi connectivity index (χ4v) is 2.27. The molecule has 0 aliphatic carbocycles. The first-order chi connectivity index (χ1) is 7.72. The van der Waals surface area contributed by atoms with Crippen molar-refractivity contribution in [3.63, 3.8) is 0 Å². The zero-order valence-electron chi connectivity index (χ0n) is 9.15. The van der Waals surface area contributed by atoms with E-state index in [4.69, 9.17) is 5.11 Å². The molecule has 3 heteroatoms. The first-order valence-corrected chi connectivity index (χ1v) is 6.04. The molecule has 0 saturated heterocycles. The Morgan fingerprint density at radius 3 is 2.75 bits per heavy atom. The number of hydrogen-bond acceptors (Lipinski definition) is 1. The third-order valence-electron chi connectivity index (χ3n) is 2.64. The zero-order valence-corrected chi connectivity index (χ0v) is 10.7. The van der Waals surface area contributed by atoms with Gasteiger partial charge in [0.2, 0.25) is 0 Å². The Labute approximate surface area is 104 Å². The molecule has 84 valence electrons. The lowest BCUT2D eigenvalue weighted by Crippen LogP contribution is -2.05. The predicted molar refractivity (Wildman–Crippen MR) is 69.4 cm³/mol. The molecule has 0 bridgehead atoms. The molecule has 0 fully saturated rings. The molecule has 2 rings (SSSR count). The molecule has 0 saturated carbocycles. The molecule has 0 spiro atoms. The molecule has 16 heavy (non-hydrogen) atoms. The van der Waals surface area contributed by atoms with Crippen molar-refractivity contribution in [3.8, 4) is 11.3 Å². The van der Waals surface area contributed by atoms with Crippen LogP contribution in [0.1, 0.15) is 5.69 Å². The maximum atomic E-state index is 9.06. The number of hydrogen-bond donors (Lipinski definition) is 1. The summed E-state index contributed by atoms with van der Waals surface area (Å²) in [6.45, 7) is 2.86.